The van der Waals surface area contributed by atoms with Crippen molar-refractivity contribution < 1.29 is 37.3 Å². The summed E-state index contributed by atoms with van der Waals surface area (Å²) in [5.74, 6) is -0.769. The van der Waals surface area contributed by atoms with Crippen LogP contribution in [-0.2, 0) is 11.0 Å². The van der Waals surface area contributed by atoms with Gasteiger partial charge in [-0.3, -0.25) is 4.79 Å². The summed E-state index contributed by atoms with van der Waals surface area (Å²) in [6.07, 6.45) is -4.48. The predicted octanol–water partition coefficient (Wildman–Crippen LogP) is 4.71. The van der Waals surface area contributed by atoms with E-state index in [1.54, 1.807) is 48.5 Å². The van der Waals surface area contributed by atoms with Crippen LogP contribution in [-0.4, -0.2) is 49.8 Å². The Bertz CT molecular complexity index is 1220. The highest BCUT2D eigenvalue weighted by atomic mass is 19.4. The maximum atomic E-state index is 13.3. The summed E-state index contributed by atoms with van der Waals surface area (Å²) in [6.45, 7) is 0.813. The molecule has 0 bridgehead atoms. The Kier molecular flexibility index (Phi) is 7.33. The van der Waals surface area contributed by atoms with Crippen molar-refractivity contribution in [3.63, 3.8) is 0 Å². The van der Waals surface area contributed by atoms with Gasteiger partial charge < -0.3 is 24.4 Å². The monoisotopic (exact) mass is 500 g/mol. The van der Waals surface area contributed by atoms with E-state index in [1.807, 2.05) is 4.90 Å². The SMILES string of the molecule is O=C(O)COc1cccc2c1OCCN2CCN(C(=O)c1ccccc1)c1ccc(C(F)(F)F)cc1. The van der Waals surface area contributed by atoms with Gasteiger partial charge in [-0.25, -0.2) is 4.79 Å². The van der Waals surface area contributed by atoms with E-state index < -0.39 is 24.3 Å². The molecule has 1 N–H and O–H groups in total. The second-order valence-corrected chi connectivity index (χ2v) is 7.99. The number of amides is 1. The Morgan fingerprint density at radius 2 is 1.72 bits per heavy atom. The fourth-order valence-corrected chi connectivity index (χ4v) is 3.90. The molecule has 0 saturated heterocycles. The average molecular weight is 500 g/mol. The van der Waals surface area contributed by atoms with Crippen molar-refractivity contribution in [1.29, 1.82) is 0 Å². The van der Waals surface area contributed by atoms with Crippen molar-refractivity contribution in [1.82, 2.24) is 0 Å². The molecule has 0 unspecified atom stereocenters. The molecular formula is C26H23F3N2O5. The molecule has 0 spiro atoms. The number of carbonyl (C=O) groups excluding carboxylic acids is 1. The standard InChI is InChI=1S/C26H23F3N2O5/c27-26(28,29)19-9-11-20(12-10-19)31(25(34)18-5-2-1-3-6-18)14-13-30-15-16-35-24-21(30)7-4-8-22(24)36-17-23(32)33/h1-12H,13-17H2,(H,32,33). The first kappa shape index (κ1) is 24.9. The number of nitrogens with zero attached hydrogens (tertiary/aromatic N) is 2. The van der Waals surface area contributed by atoms with E-state index in [9.17, 15) is 22.8 Å². The molecule has 0 radical (unpaired) electrons. The lowest BCUT2D eigenvalue weighted by Crippen LogP contribution is -2.42. The molecule has 3 aromatic carbocycles. The number of halogens is 3. The number of alkyl halides is 3. The minimum atomic E-state index is -4.48. The maximum Gasteiger partial charge on any atom is 0.416 e. The van der Waals surface area contributed by atoms with Gasteiger partial charge in [-0.15, -0.1) is 0 Å². The first-order valence-corrected chi connectivity index (χ1v) is 11.1. The number of ether oxygens (including phenoxy) is 2. The van der Waals surface area contributed by atoms with Crippen molar-refractivity contribution in [2.75, 3.05) is 42.6 Å². The summed E-state index contributed by atoms with van der Waals surface area (Å²) < 4.78 is 50.3. The van der Waals surface area contributed by atoms with Crippen molar-refractivity contribution in [3.8, 4) is 11.5 Å². The van der Waals surface area contributed by atoms with Crippen LogP contribution in [0.1, 0.15) is 15.9 Å². The van der Waals surface area contributed by atoms with Crippen LogP contribution in [0.15, 0.2) is 72.8 Å². The molecule has 0 aliphatic carbocycles. The highest BCUT2D eigenvalue weighted by molar-refractivity contribution is 6.06. The van der Waals surface area contributed by atoms with Crippen LogP contribution < -0.4 is 19.3 Å². The fourth-order valence-electron chi connectivity index (χ4n) is 3.90. The Morgan fingerprint density at radius 1 is 1.00 bits per heavy atom. The summed E-state index contributed by atoms with van der Waals surface area (Å²) in [4.78, 5) is 27.6. The summed E-state index contributed by atoms with van der Waals surface area (Å²) >= 11 is 0. The van der Waals surface area contributed by atoms with Crippen LogP contribution >= 0.6 is 0 Å². The van der Waals surface area contributed by atoms with Crippen LogP contribution in [0.3, 0.4) is 0 Å². The van der Waals surface area contributed by atoms with Gasteiger partial charge in [0.1, 0.15) is 6.61 Å². The smallest absolute Gasteiger partial charge is 0.416 e. The molecule has 0 fully saturated rings. The first-order valence-electron chi connectivity index (χ1n) is 11.1. The van der Waals surface area contributed by atoms with Gasteiger partial charge in [-0.1, -0.05) is 24.3 Å². The average Bonchev–Trinajstić information content (AvgIpc) is 2.87. The molecule has 10 heteroatoms. The zero-order valence-electron chi connectivity index (χ0n) is 19.1. The van der Waals surface area contributed by atoms with Gasteiger partial charge in [-0.2, -0.15) is 13.2 Å². The molecule has 1 heterocycles. The third kappa shape index (κ3) is 5.70. The van der Waals surface area contributed by atoms with E-state index in [2.05, 4.69) is 0 Å². The number of rotatable bonds is 8. The number of carbonyl (C=O) groups is 2. The Morgan fingerprint density at radius 3 is 2.39 bits per heavy atom. The normalized spacial score (nSPS) is 12.9. The second-order valence-electron chi connectivity index (χ2n) is 7.99. The molecule has 0 aromatic heterocycles. The number of hydrogen-bond acceptors (Lipinski definition) is 5. The molecule has 1 aliphatic rings. The van der Waals surface area contributed by atoms with E-state index in [1.165, 1.54) is 17.0 Å². The molecule has 36 heavy (non-hydrogen) atoms. The lowest BCUT2D eigenvalue weighted by molar-refractivity contribution is -0.139. The number of aliphatic carboxylic acids is 1. The maximum absolute atomic E-state index is 13.3. The van der Waals surface area contributed by atoms with Gasteiger partial charge in [-0.05, 0) is 48.5 Å². The number of carboxylic acid groups (broad SMARTS) is 1. The Hall–Kier alpha value is -4.21. The third-order valence-electron chi connectivity index (χ3n) is 5.62. The van der Waals surface area contributed by atoms with Crippen molar-refractivity contribution in [2.24, 2.45) is 0 Å². The van der Waals surface area contributed by atoms with Crippen LogP contribution in [0, 0.1) is 0 Å². The molecule has 4 rings (SSSR count). The number of hydrogen-bond donors (Lipinski definition) is 1. The Balaban J connectivity index is 1.58. The molecule has 3 aromatic rings. The molecule has 0 saturated carbocycles. The van der Waals surface area contributed by atoms with Gasteiger partial charge in [0.25, 0.3) is 5.91 Å². The van der Waals surface area contributed by atoms with Crippen LogP contribution in [0.4, 0.5) is 24.5 Å². The predicted molar refractivity (Wildman–Crippen MR) is 127 cm³/mol. The van der Waals surface area contributed by atoms with Crippen LogP contribution in [0.5, 0.6) is 11.5 Å². The zero-order chi connectivity index (χ0) is 25.7. The Labute approximate surface area is 205 Å². The fraction of sp³-hybridized carbons (Fsp3) is 0.231. The number of fused-ring (bicyclic) bond motifs is 1. The number of benzene rings is 3. The lowest BCUT2D eigenvalue weighted by Gasteiger charge is -2.34. The number of para-hydroxylation sites is 1. The number of carboxylic acids is 1. The highest BCUT2D eigenvalue weighted by Crippen LogP contribution is 2.40. The topological polar surface area (TPSA) is 79.3 Å². The van der Waals surface area contributed by atoms with Gasteiger partial charge >= 0.3 is 12.1 Å². The van der Waals surface area contributed by atoms with E-state index in [0.29, 0.717) is 48.1 Å². The van der Waals surface area contributed by atoms with Gasteiger partial charge in [0.2, 0.25) is 0 Å². The van der Waals surface area contributed by atoms with Gasteiger partial charge in [0, 0.05) is 24.3 Å². The van der Waals surface area contributed by atoms with Crippen LogP contribution in [0.25, 0.3) is 0 Å². The molecular weight excluding hydrogens is 477 g/mol. The van der Waals surface area contributed by atoms with E-state index in [0.717, 1.165) is 12.1 Å². The van der Waals surface area contributed by atoms with E-state index in [4.69, 9.17) is 14.6 Å². The lowest BCUT2D eigenvalue weighted by atomic mass is 10.1. The summed E-state index contributed by atoms with van der Waals surface area (Å²) in [6, 6.07) is 18.1. The largest absolute Gasteiger partial charge is 0.486 e. The first-order chi connectivity index (χ1) is 17.2. The summed E-state index contributed by atoms with van der Waals surface area (Å²) in [5.41, 5.74) is 0.617. The van der Waals surface area contributed by atoms with Gasteiger partial charge in [0.05, 0.1) is 17.8 Å². The quantitative estimate of drug-likeness (QED) is 0.483. The molecule has 1 aliphatic heterocycles. The minimum absolute atomic E-state index is 0.179. The molecule has 188 valence electrons. The van der Waals surface area contributed by atoms with Crippen molar-refractivity contribution in [2.45, 2.75) is 6.18 Å². The number of anilines is 2. The molecule has 7 nitrogen and oxygen atoms in total. The highest BCUT2D eigenvalue weighted by Gasteiger charge is 2.31. The van der Waals surface area contributed by atoms with Gasteiger partial charge in [0.15, 0.2) is 18.1 Å². The van der Waals surface area contributed by atoms with Crippen LogP contribution in [0.2, 0.25) is 0 Å². The summed E-state index contributed by atoms with van der Waals surface area (Å²) in [7, 11) is 0. The second kappa shape index (κ2) is 10.6. The minimum Gasteiger partial charge on any atom is -0.486 e. The molecule has 0 atom stereocenters. The third-order valence-corrected chi connectivity index (χ3v) is 5.62. The zero-order valence-corrected chi connectivity index (χ0v) is 19.1. The van der Waals surface area contributed by atoms with Crippen molar-refractivity contribution >= 4 is 23.3 Å². The van der Waals surface area contributed by atoms with E-state index >= 15 is 0 Å². The van der Waals surface area contributed by atoms with Crippen molar-refractivity contribution in [3.05, 3.63) is 83.9 Å². The molecule has 1 amide bonds. The van der Waals surface area contributed by atoms with E-state index in [-0.39, 0.29) is 12.5 Å². The summed E-state index contributed by atoms with van der Waals surface area (Å²) in [5, 5.41) is 8.92.